The molecule has 10 heavy (non-hydrogen) atoms. The fraction of sp³-hybridized carbons (Fsp3) is 0.222. The quantitative estimate of drug-likeness (QED) is 0.525. The normalized spacial score (nSPS) is 36.0. The lowest BCUT2D eigenvalue weighted by atomic mass is 9.93. The lowest BCUT2D eigenvalue weighted by Gasteiger charge is -2.25. The first-order valence-electron chi connectivity index (χ1n) is 3.58. The molecule has 1 aliphatic carbocycles. The van der Waals surface area contributed by atoms with Gasteiger partial charge in [-0.2, -0.15) is 0 Å². The van der Waals surface area contributed by atoms with E-state index in [1.165, 1.54) is 0 Å². The van der Waals surface area contributed by atoms with Gasteiger partial charge in [0.15, 0.2) is 0 Å². The van der Waals surface area contributed by atoms with Crippen LogP contribution >= 0.6 is 0 Å². The van der Waals surface area contributed by atoms with Crippen LogP contribution in [0.1, 0.15) is 0 Å². The molecule has 1 nitrogen and oxygen atoms in total. The highest BCUT2D eigenvalue weighted by atomic mass is 14.9. The maximum absolute atomic E-state index is 3.27. The van der Waals surface area contributed by atoms with Crippen LogP contribution in [0.25, 0.3) is 0 Å². The zero-order chi connectivity index (χ0) is 6.81. The van der Waals surface area contributed by atoms with E-state index in [9.17, 15) is 0 Å². The van der Waals surface area contributed by atoms with Crippen molar-refractivity contribution >= 4 is 0 Å². The zero-order valence-electron chi connectivity index (χ0n) is 5.70. The molecule has 2 rings (SSSR count). The molecule has 2 atom stereocenters. The van der Waals surface area contributed by atoms with E-state index < -0.39 is 0 Å². The van der Waals surface area contributed by atoms with Crippen LogP contribution in [0.2, 0.25) is 0 Å². The van der Waals surface area contributed by atoms with Gasteiger partial charge in [0.25, 0.3) is 0 Å². The van der Waals surface area contributed by atoms with Crippen molar-refractivity contribution in [2.45, 2.75) is 6.04 Å². The molecular weight excluding hydrogens is 122 g/mol. The van der Waals surface area contributed by atoms with E-state index in [-0.39, 0.29) is 0 Å². The Morgan fingerprint density at radius 2 is 1.70 bits per heavy atom. The second-order valence-corrected chi connectivity index (χ2v) is 2.59. The van der Waals surface area contributed by atoms with Crippen molar-refractivity contribution in [3.05, 3.63) is 43.0 Å². The second-order valence-electron chi connectivity index (χ2n) is 2.59. The lowest BCUT2D eigenvalue weighted by Crippen LogP contribution is -2.34. The summed E-state index contributed by atoms with van der Waals surface area (Å²) in [5.74, 6) is 0.565. The van der Waals surface area contributed by atoms with E-state index in [1.54, 1.807) is 0 Å². The van der Waals surface area contributed by atoms with E-state index in [0.717, 1.165) is 0 Å². The Kier molecular flexibility index (Phi) is 1.44. The summed E-state index contributed by atoms with van der Waals surface area (Å²) in [4.78, 5) is 0. The third-order valence-electron chi connectivity index (χ3n) is 1.90. The van der Waals surface area contributed by atoms with Gasteiger partial charge in [0.1, 0.15) is 0 Å². The highest BCUT2D eigenvalue weighted by molar-refractivity contribution is 5.25. The Hall–Kier alpha value is -0.820. The minimum atomic E-state index is 0.495. The third kappa shape index (κ3) is 0.929. The predicted molar refractivity (Wildman–Crippen MR) is 42.1 cm³/mol. The summed E-state index contributed by atoms with van der Waals surface area (Å²) >= 11 is 0. The Labute approximate surface area is 61.1 Å². The van der Waals surface area contributed by atoms with Gasteiger partial charge < -0.3 is 5.32 Å². The first kappa shape index (κ1) is 5.93. The summed E-state index contributed by atoms with van der Waals surface area (Å²) in [5, 5.41) is 3.27. The number of hydrogen-bond donors (Lipinski definition) is 1. The average molecular weight is 132 g/mol. The van der Waals surface area contributed by atoms with Gasteiger partial charge in [0.05, 0.1) is 0 Å². The van der Waals surface area contributed by atoms with Gasteiger partial charge >= 0.3 is 0 Å². The molecular formula is C9H10N. The van der Waals surface area contributed by atoms with E-state index in [4.69, 9.17) is 0 Å². The second kappa shape index (κ2) is 2.43. The third-order valence-corrected chi connectivity index (χ3v) is 1.90. The van der Waals surface area contributed by atoms with Crippen LogP contribution < -0.4 is 5.32 Å². The van der Waals surface area contributed by atoms with Crippen molar-refractivity contribution in [3.63, 3.8) is 0 Å². The van der Waals surface area contributed by atoms with Gasteiger partial charge in [-0.15, -0.1) is 0 Å². The van der Waals surface area contributed by atoms with Crippen LogP contribution in [0.15, 0.2) is 36.5 Å². The molecule has 0 aromatic rings. The number of allylic oxidation sites excluding steroid dienone is 2. The number of rotatable bonds is 0. The molecule has 0 bridgehead atoms. The molecule has 1 N–H and O–H groups in total. The highest BCUT2D eigenvalue weighted by Gasteiger charge is 2.16. The van der Waals surface area contributed by atoms with Gasteiger partial charge in [-0.05, 0) is 0 Å². The maximum atomic E-state index is 3.27. The number of nitrogens with one attached hydrogen (secondary N) is 1. The molecule has 0 aromatic heterocycles. The summed E-state index contributed by atoms with van der Waals surface area (Å²) < 4.78 is 0. The van der Waals surface area contributed by atoms with Crippen molar-refractivity contribution in [2.75, 3.05) is 0 Å². The van der Waals surface area contributed by atoms with Gasteiger partial charge in [0.2, 0.25) is 0 Å². The van der Waals surface area contributed by atoms with Crippen LogP contribution in [0.3, 0.4) is 0 Å². The molecule has 0 saturated carbocycles. The smallest absolute Gasteiger partial charge is 0.0447 e. The summed E-state index contributed by atoms with van der Waals surface area (Å²) in [6, 6.07) is 0.495. The fourth-order valence-electron chi connectivity index (χ4n) is 1.33. The van der Waals surface area contributed by atoms with Crippen molar-refractivity contribution in [2.24, 2.45) is 5.92 Å². The monoisotopic (exact) mass is 132 g/mol. The van der Waals surface area contributed by atoms with Crippen LogP contribution in [0, 0.1) is 12.5 Å². The summed E-state index contributed by atoms with van der Waals surface area (Å²) in [6.07, 6.45) is 12.8. The molecule has 1 heteroatoms. The Morgan fingerprint density at radius 3 is 2.60 bits per heavy atom. The lowest BCUT2D eigenvalue weighted by molar-refractivity contribution is 0.568. The largest absolute Gasteiger partial charge is 0.302 e. The van der Waals surface area contributed by atoms with Gasteiger partial charge in [-0.1, -0.05) is 36.5 Å². The molecule has 1 heterocycles. The predicted octanol–water partition coefficient (Wildman–Crippen LogP) is 1.42. The molecule has 51 valence electrons. The van der Waals surface area contributed by atoms with Gasteiger partial charge in [0, 0.05) is 18.5 Å². The van der Waals surface area contributed by atoms with E-state index in [0.29, 0.717) is 12.0 Å². The van der Waals surface area contributed by atoms with Gasteiger partial charge in [-0.25, -0.2) is 0 Å². The van der Waals surface area contributed by atoms with Crippen LogP contribution in [0.5, 0.6) is 0 Å². The maximum Gasteiger partial charge on any atom is 0.0447 e. The summed E-state index contributed by atoms with van der Waals surface area (Å²) in [7, 11) is 0. The molecule has 2 aliphatic rings. The van der Waals surface area contributed by atoms with Crippen LogP contribution in [0.4, 0.5) is 0 Å². The van der Waals surface area contributed by atoms with Crippen molar-refractivity contribution in [1.29, 1.82) is 0 Å². The summed E-state index contributed by atoms with van der Waals surface area (Å²) in [6.45, 7) is 1.99. The standard InChI is InChI=1S/C9H10N/c1-2-6-9-8(4-1)5-3-7-10-9/h1-10H. The first-order valence-corrected chi connectivity index (χ1v) is 3.58. The zero-order valence-corrected chi connectivity index (χ0v) is 5.70. The Balaban J connectivity index is 2.21. The van der Waals surface area contributed by atoms with E-state index >= 15 is 0 Å². The molecule has 0 spiro atoms. The van der Waals surface area contributed by atoms with Crippen molar-refractivity contribution < 1.29 is 0 Å². The van der Waals surface area contributed by atoms with Crippen molar-refractivity contribution in [3.8, 4) is 0 Å². The molecule has 2 unspecified atom stereocenters. The first-order chi connectivity index (χ1) is 4.97. The molecule has 0 saturated heterocycles. The van der Waals surface area contributed by atoms with Crippen molar-refractivity contribution in [1.82, 2.24) is 5.32 Å². The van der Waals surface area contributed by atoms with E-state index in [2.05, 4.69) is 41.8 Å². The minimum absolute atomic E-state index is 0.495. The number of hydrogen-bond acceptors (Lipinski definition) is 1. The topological polar surface area (TPSA) is 12.0 Å². The molecule has 1 radical (unpaired) electrons. The molecule has 1 aliphatic heterocycles. The van der Waals surface area contributed by atoms with E-state index in [1.807, 2.05) is 6.54 Å². The van der Waals surface area contributed by atoms with Crippen LogP contribution in [-0.2, 0) is 0 Å². The van der Waals surface area contributed by atoms with Crippen LogP contribution in [-0.4, -0.2) is 6.04 Å². The minimum Gasteiger partial charge on any atom is -0.302 e. The summed E-state index contributed by atoms with van der Waals surface area (Å²) in [5.41, 5.74) is 0. The molecule has 0 amide bonds. The Morgan fingerprint density at radius 1 is 0.900 bits per heavy atom. The fourth-order valence-corrected chi connectivity index (χ4v) is 1.33. The molecule has 0 aromatic carbocycles. The number of fused-ring (bicyclic) bond motifs is 1. The Bertz CT molecular complexity index is 201. The average Bonchev–Trinajstić information content (AvgIpc) is 2.05. The molecule has 0 fully saturated rings. The highest BCUT2D eigenvalue weighted by Crippen LogP contribution is 2.17. The SMILES string of the molecule is [CH]1C=CC2C=CC=CC2N1. The van der Waals surface area contributed by atoms with Gasteiger partial charge in [-0.3, -0.25) is 0 Å².